The number of carbonyl (C=O) groups excluding carboxylic acids is 2. The zero-order valence-corrected chi connectivity index (χ0v) is 18.2. The maximum atomic E-state index is 12.7. The van der Waals surface area contributed by atoms with Crippen LogP contribution in [0.3, 0.4) is 0 Å². The normalized spacial score (nSPS) is 34.0. The van der Waals surface area contributed by atoms with Crippen LogP contribution in [0.5, 0.6) is 11.5 Å². The first-order valence-corrected chi connectivity index (χ1v) is 10.8. The monoisotopic (exact) mass is 445 g/mol. The van der Waals surface area contributed by atoms with Gasteiger partial charge in [0.05, 0.1) is 11.0 Å². The van der Waals surface area contributed by atoms with Gasteiger partial charge in [-0.05, 0) is 58.0 Å². The van der Waals surface area contributed by atoms with Gasteiger partial charge >= 0.3 is 11.9 Å². The number of esters is 2. The Bertz CT molecular complexity index is 1040. The average Bonchev–Trinajstić information content (AvgIpc) is 3.10. The Morgan fingerprint density at radius 3 is 2.75 bits per heavy atom. The highest BCUT2D eigenvalue weighted by molar-refractivity contribution is 5.81. The van der Waals surface area contributed by atoms with Crippen molar-refractivity contribution in [3.63, 3.8) is 0 Å². The fraction of sp³-hybridized carbons (Fsp3) is 0.565. The molecule has 1 fully saturated rings. The molecule has 0 amide bonds. The number of aliphatic hydroxyl groups is 2. The molecule has 2 aliphatic carbocycles. The van der Waals surface area contributed by atoms with Crippen LogP contribution in [0.25, 0.3) is 0 Å². The number of carbonyl (C=O) groups is 2. The predicted octanol–water partition coefficient (Wildman–Crippen LogP) is 0.526. The highest BCUT2D eigenvalue weighted by Crippen LogP contribution is 2.65. The van der Waals surface area contributed by atoms with E-state index in [0.717, 1.165) is 11.1 Å². The van der Waals surface area contributed by atoms with Crippen LogP contribution in [0.4, 0.5) is 0 Å². The smallest absolute Gasteiger partial charge is 0.352 e. The number of likely N-dealkylation sites (tertiary alicyclic amines) is 1. The molecule has 1 spiro atoms. The molecule has 172 valence electrons. The Morgan fingerprint density at radius 2 is 2.03 bits per heavy atom. The molecule has 6 atom stereocenters. The van der Waals surface area contributed by atoms with Gasteiger partial charge in [-0.3, -0.25) is 0 Å². The lowest BCUT2D eigenvalue weighted by Gasteiger charge is -2.61. The molecule has 9 nitrogen and oxygen atoms in total. The van der Waals surface area contributed by atoms with Crippen molar-refractivity contribution >= 4 is 11.9 Å². The van der Waals surface area contributed by atoms with Crippen molar-refractivity contribution in [1.82, 2.24) is 4.90 Å². The number of benzene rings is 1. The van der Waals surface area contributed by atoms with Crippen LogP contribution in [0.2, 0.25) is 0 Å². The lowest BCUT2D eigenvalue weighted by molar-refractivity contribution is -0.177. The first-order chi connectivity index (χ1) is 15.1. The number of aromatic hydroxyl groups is 1. The number of hydrogen-bond acceptors (Lipinski definition) is 9. The molecule has 1 aromatic rings. The number of hydrogen-bond donors (Lipinski definition) is 3. The van der Waals surface area contributed by atoms with Gasteiger partial charge in [-0.25, -0.2) is 9.59 Å². The lowest BCUT2D eigenvalue weighted by Crippen LogP contribution is -2.74. The Hall–Kier alpha value is -2.62. The molecule has 1 saturated heterocycles. The summed E-state index contributed by atoms with van der Waals surface area (Å²) < 4.78 is 16.8. The first kappa shape index (κ1) is 21.2. The van der Waals surface area contributed by atoms with Crippen molar-refractivity contribution in [2.24, 2.45) is 0 Å². The van der Waals surface area contributed by atoms with Gasteiger partial charge in [0, 0.05) is 18.0 Å². The van der Waals surface area contributed by atoms with Crippen molar-refractivity contribution in [1.29, 1.82) is 0 Å². The van der Waals surface area contributed by atoms with E-state index in [4.69, 9.17) is 14.2 Å². The van der Waals surface area contributed by atoms with Gasteiger partial charge in [-0.2, -0.15) is 0 Å². The van der Waals surface area contributed by atoms with E-state index in [2.05, 4.69) is 4.90 Å². The van der Waals surface area contributed by atoms with E-state index in [1.54, 1.807) is 12.1 Å². The molecule has 0 unspecified atom stereocenters. The van der Waals surface area contributed by atoms with E-state index in [1.165, 1.54) is 13.8 Å². The van der Waals surface area contributed by atoms with Crippen molar-refractivity contribution in [3.8, 4) is 11.5 Å². The van der Waals surface area contributed by atoms with Gasteiger partial charge in [-0.1, -0.05) is 6.07 Å². The number of nitrogens with zero attached hydrogens (tertiary/aromatic N) is 1. The molecule has 2 aliphatic heterocycles. The zero-order chi connectivity index (χ0) is 23.0. The minimum Gasteiger partial charge on any atom is -0.504 e. The SMILES string of the molecule is C[C@H](O)C(=O)O[C@@H](C)C(=O)OC1=CC[C@@]2(O)[C@@H]3Cc4ccc(O)c5c4[C@@]2(CCN3C)[C@H]1O5. The number of aliphatic hydroxyl groups excluding tert-OH is 1. The second kappa shape index (κ2) is 6.94. The summed E-state index contributed by atoms with van der Waals surface area (Å²) in [6, 6.07) is 3.31. The molecule has 0 aromatic heterocycles. The van der Waals surface area contributed by atoms with Gasteiger partial charge in [-0.15, -0.1) is 0 Å². The highest BCUT2D eigenvalue weighted by Gasteiger charge is 2.72. The molecule has 2 heterocycles. The summed E-state index contributed by atoms with van der Waals surface area (Å²) in [6.45, 7) is 3.32. The summed E-state index contributed by atoms with van der Waals surface area (Å²) in [5, 5.41) is 31.9. The summed E-state index contributed by atoms with van der Waals surface area (Å²) in [6.07, 6.45) is -0.302. The van der Waals surface area contributed by atoms with E-state index in [-0.39, 0.29) is 24.0 Å². The largest absolute Gasteiger partial charge is 0.504 e. The van der Waals surface area contributed by atoms with Gasteiger partial charge in [0.1, 0.15) is 11.9 Å². The van der Waals surface area contributed by atoms with Crippen LogP contribution in [0.15, 0.2) is 24.0 Å². The molecule has 32 heavy (non-hydrogen) atoms. The second-order valence-electron chi connectivity index (χ2n) is 9.28. The van der Waals surface area contributed by atoms with Crippen LogP contribution in [0.1, 0.15) is 37.8 Å². The second-order valence-corrected chi connectivity index (χ2v) is 9.28. The number of phenols is 1. The van der Waals surface area contributed by atoms with Crippen LogP contribution in [-0.4, -0.2) is 75.7 Å². The Labute approximate surface area is 185 Å². The van der Waals surface area contributed by atoms with Crippen molar-refractivity contribution in [2.45, 2.75) is 68.5 Å². The third kappa shape index (κ3) is 2.61. The number of rotatable bonds is 4. The van der Waals surface area contributed by atoms with Crippen LogP contribution in [-0.2, 0) is 30.9 Å². The minimum atomic E-state index is -1.36. The Balaban J connectivity index is 1.53. The minimum absolute atomic E-state index is 0.0165. The molecule has 3 N–H and O–H groups in total. The standard InChI is InChI=1S/C23H27NO8/c1-11(25)20(27)30-12(2)21(28)31-15-6-7-23(29)16-10-13-4-5-14(26)18-17(13)22(23,19(15)32-18)8-9-24(16)3/h4-6,11-12,16,19,25-26,29H,7-10H2,1-3H3/t11-,12-,16-,19-,22-,23+/m0/s1. The van der Waals surface area contributed by atoms with Crippen LogP contribution >= 0.6 is 0 Å². The topological polar surface area (TPSA) is 126 Å². The molecule has 9 heteroatoms. The van der Waals surface area contributed by atoms with Crippen molar-refractivity contribution in [3.05, 3.63) is 35.1 Å². The van der Waals surface area contributed by atoms with Crippen LogP contribution < -0.4 is 4.74 Å². The summed E-state index contributed by atoms with van der Waals surface area (Å²) in [5.74, 6) is -1.20. The van der Waals surface area contributed by atoms with Gasteiger partial charge in [0.2, 0.25) is 0 Å². The van der Waals surface area contributed by atoms with Crippen molar-refractivity contribution in [2.75, 3.05) is 13.6 Å². The average molecular weight is 445 g/mol. The molecule has 2 bridgehead atoms. The number of likely N-dealkylation sites (N-methyl/N-ethyl adjacent to an activating group) is 1. The molecule has 1 aromatic carbocycles. The molecular formula is C23H27NO8. The fourth-order valence-corrected chi connectivity index (χ4v) is 5.96. The molecular weight excluding hydrogens is 418 g/mol. The first-order valence-electron chi connectivity index (χ1n) is 10.8. The zero-order valence-electron chi connectivity index (χ0n) is 18.2. The third-order valence-electron chi connectivity index (χ3n) is 7.54. The van der Waals surface area contributed by atoms with Gasteiger partial charge in [0.15, 0.2) is 23.7 Å². The number of ether oxygens (including phenoxy) is 3. The molecule has 5 rings (SSSR count). The number of piperidine rings is 1. The number of phenolic OH excluding ortho intramolecular Hbond substituents is 1. The Morgan fingerprint density at radius 1 is 1.28 bits per heavy atom. The highest BCUT2D eigenvalue weighted by atomic mass is 16.6. The summed E-state index contributed by atoms with van der Waals surface area (Å²) in [4.78, 5) is 26.5. The van der Waals surface area contributed by atoms with Gasteiger partial charge in [0.25, 0.3) is 0 Å². The quantitative estimate of drug-likeness (QED) is 0.569. The molecule has 0 radical (unpaired) electrons. The summed E-state index contributed by atoms with van der Waals surface area (Å²) >= 11 is 0. The maximum Gasteiger partial charge on any atom is 0.352 e. The lowest BCUT2D eigenvalue weighted by atomic mass is 9.50. The van der Waals surface area contributed by atoms with E-state index < -0.39 is 41.3 Å². The third-order valence-corrected chi connectivity index (χ3v) is 7.54. The predicted molar refractivity (Wildman–Crippen MR) is 110 cm³/mol. The summed E-state index contributed by atoms with van der Waals surface area (Å²) in [7, 11) is 1.99. The fourth-order valence-electron chi connectivity index (χ4n) is 5.96. The van der Waals surface area contributed by atoms with E-state index in [1.807, 2.05) is 13.1 Å². The molecule has 0 saturated carbocycles. The molecule has 4 aliphatic rings. The van der Waals surface area contributed by atoms with E-state index in [0.29, 0.717) is 25.1 Å². The maximum absolute atomic E-state index is 12.7. The van der Waals surface area contributed by atoms with E-state index in [9.17, 15) is 24.9 Å². The van der Waals surface area contributed by atoms with E-state index >= 15 is 0 Å². The van der Waals surface area contributed by atoms with Crippen LogP contribution in [0, 0.1) is 0 Å². The van der Waals surface area contributed by atoms with Gasteiger partial charge < -0.3 is 34.4 Å². The van der Waals surface area contributed by atoms with Crippen molar-refractivity contribution < 1.29 is 39.1 Å². The summed E-state index contributed by atoms with van der Waals surface area (Å²) in [5.41, 5.74) is -0.217. The Kier molecular flexibility index (Phi) is 4.60.